The van der Waals surface area contributed by atoms with Crippen LogP contribution in [0.5, 0.6) is 0 Å². The Kier molecular flexibility index (Phi) is 3.74. The molecule has 5 amide bonds. The van der Waals surface area contributed by atoms with Gasteiger partial charge in [0.2, 0.25) is 11.8 Å². The van der Waals surface area contributed by atoms with Crippen LogP contribution in [0.3, 0.4) is 0 Å². The summed E-state index contributed by atoms with van der Waals surface area (Å²) in [5.74, 6) is -0.534. The number of piperidine rings is 1. The fourth-order valence-electron chi connectivity index (χ4n) is 5.10. The van der Waals surface area contributed by atoms with Crippen LogP contribution in [0.2, 0.25) is 0 Å². The number of fused-ring (bicyclic) bond motifs is 4. The number of rotatable bonds is 2. The van der Waals surface area contributed by atoms with Gasteiger partial charge >= 0.3 is 6.03 Å². The summed E-state index contributed by atoms with van der Waals surface area (Å²) in [6, 6.07) is 12.6. The van der Waals surface area contributed by atoms with E-state index in [9.17, 15) is 19.2 Å². The molecule has 2 aromatic carbocycles. The molecule has 2 fully saturated rings. The normalized spacial score (nSPS) is 25.7. The highest BCUT2D eigenvalue weighted by molar-refractivity contribution is 6.07. The van der Waals surface area contributed by atoms with Gasteiger partial charge in [0.1, 0.15) is 6.04 Å². The third-order valence-corrected chi connectivity index (χ3v) is 6.68. The van der Waals surface area contributed by atoms with E-state index in [0.29, 0.717) is 23.6 Å². The predicted octanol–water partition coefficient (Wildman–Crippen LogP) is 2.36. The van der Waals surface area contributed by atoms with Crippen LogP contribution >= 0.6 is 0 Å². The zero-order valence-electron chi connectivity index (χ0n) is 16.6. The van der Waals surface area contributed by atoms with Crippen molar-refractivity contribution in [3.63, 3.8) is 0 Å². The molecular formula is C23H20N4O4. The van der Waals surface area contributed by atoms with E-state index in [1.807, 2.05) is 23.1 Å². The summed E-state index contributed by atoms with van der Waals surface area (Å²) in [4.78, 5) is 52.8. The fraction of sp³-hybridized carbons (Fsp3) is 0.304. The first kappa shape index (κ1) is 18.1. The van der Waals surface area contributed by atoms with Crippen molar-refractivity contribution in [1.82, 2.24) is 10.2 Å². The number of urea groups is 1. The molecule has 8 heteroatoms. The molecule has 0 bridgehead atoms. The molecule has 1 aliphatic carbocycles. The highest BCUT2D eigenvalue weighted by Crippen LogP contribution is 2.55. The van der Waals surface area contributed by atoms with Crippen molar-refractivity contribution >= 4 is 35.1 Å². The molecule has 3 unspecified atom stereocenters. The monoisotopic (exact) mass is 416 g/mol. The molecule has 6 rings (SSSR count). The molecular weight excluding hydrogens is 396 g/mol. The zero-order valence-corrected chi connectivity index (χ0v) is 16.6. The Morgan fingerprint density at radius 3 is 2.77 bits per heavy atom. The third kappa shape index (κ3) is 2.74. The maximum atomic E-state index is 13.0. The van der Waals surface area contributed by atoms with Gasteiger partial charge in [-0.3, -0.25) is 24.6 Å². The predicted molar refractivity (Wildman–Crippen MR) is 112 cm³/mol. The van der Waals surface area contributed by atoms with Crippen LogP contribution in [-0.4, -0.2) is 40.7 Å². The number of hydrogen-bond donors (Lipinski definition) is 2. The second kappa shape index (κ2) is 6.41. The van der Waals surface area contributed by atoms with Gasteiger partial charge in [-0.15, -0.1) is 0 Å². The van der Waals surface area contributed by atoms with Gasteiger partial charge in [-0.05, 0) is 48.2 Å². The van der Waals surface area contributed by atoms with Gasteiger partial charge in [0.05, 0.1) is 0 Å². The lowest BCUT2D eigenvalue weighted by Gasteiger charge is -2.29. The van der Waals surface area contributed by atoms with Crippen molar-refractivity contribution in [3.05, 3.63) is 59.2 Å². The van der Waals surface area contributed by atoms with Crippen LogP contribution in [0.4, 0.5) is 16.2 Å². The van der Waals surface area contributed by atoms with Gasteiger partial charge in [-0.1, -0.05) is 18.2 Å². The molecule has 3 aliphatic heterocycles. The topological polar surface area (TPSA) is 98.8 Å². The molecule has 3 atom stereocenters. The largest absolute Gasteiger partial charge is 0.326 e. The van der Waals surface area contributed by atoms with E-state index < -0.39 is 11.9 Å². The van der Waals surface area contributed by atoms with Crippen LogP contribution in [0.15, 0.2) is 42.5 Å². The summed E-state index contributed by atoms with van der Waals surface area (Å²) in [7, 11) is 0. The average Bonchev–Trinajstić information content (AvgIpc) is 3.37. The first-order valence-corrected chi connectivity index (χ1v) is 10.5. The number of benzene rings is 2. The molecule has 0 spiro atoms. The number of para-hydroxylation sites is 1. The molecule has 2 N–H and O–H groups in total. The second-order valence-corrected chi connectivity index (χ2v) is 8.54. The number of nitrogens with zero attached hydrogens (tertiary/aromatic N) is 2. The van der Waals surface area contributed by atoms with E-state index in [-0.39, 0.29) is 36.9 Å². The first-order valence-electron chi connectivity index (χ1n) is 10.5. The van der Waals surface area contributed by atoms with Crippen LogP contribution in [0, 0.1) is 0 Å². The molecule has 2 aromatic rings. The van der Waals surface area contributed by atoms with E-state index in [1.54, 1.807) is 18.2 Å². The average molecular weight is 416 g/mol. The van der Waals surface area contributed by atoms with Gasteiger partial charge in [-0.2, -0.15) is 0 Å². The molecule has 0 radical (unpaired) electrons. The lowest BCUT2D eigenvalue weighted by atomic mass is 10.0. The maximum Gasteiger partial charge on any atom is 0.326 e. The summed E-state index contributed by atoms with van der Waals surface area (Å²) in [5, 5.41) is 5.27. The minimum Gasteiger partial charge on any atom is -0.322 e. The van der Waals surface area contributed by atoms with Gasteiger partial charge in [0, 0.05) is 41.9 Å². The summed E-state index contributed by atoms with van der Waals surface area (Å²) < 4.78 is 0. The van der Waals surface area contributed by atoms with E-state index in [4.69, 9.17) is 0 Å². The van der Waals surface area contributed by atoms with Crippen molar-refractivity contribution in [1.29, 1.82) is 0 Å². The Balaban J connectivity index is 1.20. The molecule has 156 valence electrons. The Bertz CT molecular complexity index is 1180. The Morgan fingerprint density at radius 2 is 1.94 bits per heavy atom. The summed E-state index contributed by atoms with van der Waals surface area (Å²) in [5.41, 5.74) is 4.09. The molecule has 0 aromatic heterocycles. The molecule has 8 nitrogen and oxygen atoms in total. The molecule has 4 aliphatic rings. The maximum absolute atomic E-state index is 13.0. The van der Waals surface area contributed by atoms with E-state index in [2.05, 4.69) is 16.7 Å². The number of imide groups is 1. The molecule has 1 saturated heterocycles. The smallest absolute Gasteiger partial charge is 0.322 e. The SMILES string of the molecule is O=C1CCC(N2Cc3cc(NC(=O)N4c5ccccc5C5CC54)ccc3C2=O)C(=O)N1. The molecule has 1 saturated carbocycles. The summed E-state index contributed by atoms with van der Waals surface area (Å²) >= 11 is 0. The highest BCUT2D eigenvalue weighted by atomic mass is 16.2. The van der Waals surface area contributed by atoms with Crippen LogP contribution < -0.4 is 15.5 Å². The first-order chi connectivity index (χ1) is 15.0. The molecule has 3 heterocycles. The Hall–Kier alpha value is -3.68. The highest BCUT2D eigenvalue weighted by Gasteiger charge is 2.52. The van der Waals surface area contributed by atoms with E-state index in [0.717, 1.165) is 17.7 Å². The van der Waals surface area contributed by atoms with Crippen molar-refractivity contribution in [2.24, 2.45) is 0 Å². The van der Waals surface area contributed by atoms with Crippen molar-refractivity contribution < 1.29 is 19.2 Å². The number of nitrogens with one attached hydrogen (secondary N) is 2. The number of carbonyl (C=O) groups excluding carboxylic acids is 4. The lowest BCUT2D eigenvalue weighted by molar-refractivity contribution is -0.136. The van der Waals surface area contributed by atoms with Gasteiger partial charge in [-0.25, -0.2) is 4.79 Å². The van der Waals surface area contributed by atoms with Crippen LogP contribution in [-0.2, 0) is 16.1 Å². The Morgan fingerprint density at radius 1 is 1.10 bits per heavy atom. The van der Waals surface area contributed by atoms with Crippen molar-refractivity contribution in [3.8, 4) is 0 Å². The summed E-state index contributed by atoms with van der Waals surface area (Å²) in [6.45, 7) is 0.279. The second-order valence-electron chi connectivity index (χ2n) is 8.54. The van der Waals surface area contributed by atoms with Crippen LogP contribution in [0.1, 0.15) is 46.7 Å². The van der Waals surface area contributed by atoms with Crippen LogP contribution in [0.25, 0.3) is 0 Å². The number of hydrogen-bond acceptors (Lipinski definition) is 4. The molecule has 31 heavy (non-hydrogen) atoms. The summed E-state index contributed by atoms with van der Waals surface area (Å²) in [6.07, 6.45) is 1.53. The van der Waals surface area contributed by atoms with Gasteiger partial charge in [0.25, 0.3) is 5.91 Å². The van der Waals surface area contributed by atoms with Gasteiger partial charge in [0.15, 0.2) is 0 Å². The zero-order chi connectivity index (χ0) is 21.3. The van der Waals surface area contributed by atoms with Crippen molar-refractivity contribution in [2.75, 3.05) is 10.2 Å². The van der Waals surface area contributed by atoms with E-state index in [1.165, 1.54) is 10.5 Å². The fourth-order valence-corrected chi connectivity index (χ4v) is 5.10. The standard InChI is InChI=1S/C23H20N4O4/c28-20-8-7-18(21(29)25-20)26-11-12-9-13(5-6-14(12)22(26)30)24-23(31)27-17-4-2-1-3-15(17)16-10-19(16)27/h1-6,9,16,18-19H,7-8,10-11H2,(H,24,31)(H,25,28,29). The van der Waals surface area contributed by atoms with E-state index >= 15 is 0 Å². The lowest BCUT2D eigenvalue weighted by Crippen LogP contribution is -2.52. The number of amides is 5. The minimum atomic E-state index is -0.649. The van der Waals surface area contributed by atoms with Gasteiger partial charge < -0.3 is 10.2 Å². The Labute approximate surface area is 178 Å². The third-order valence-electron chi connectivity index (χ3n) is 6.68. The number of carbonyl (C=O) groups is 4. The quantitative estimate of drug-likeness (QED) is 0.734. The van der Waals surface area contributed by atoms with Crippen molar-refractivity contribution in [2.45, 2.75) is 43.8 Å². The number of anilines is 2. The minimum absolute atomic E-state index is 0.177.